The van der Waals surface area contributed by atoms with Gasteiger partial charge < -0.3 is 24.4 Å². The minimum Gasteiger partial charge on any atom is -0.490 e. The number of amides is 4. The van der Waals surface area contributed by atoms with E-state index in [0.717, 1.165) is 55.5 Å². The number of nitrogens with zero attached hydrogens (tertiary/aromatic N) is 6. The standard InChI is InChI=1S/C41H47FN8O6/c1-24(2)56-35-21-33-27(19-30(35)40(54)44-32-4-3-13-49(41(32)55)34-20-31(34)42)23-50(46-33)28-11-16-48(17-12-28)38(52)18-25-9-14-47(15-10-25)36-7-5-26(22-43-36)29-6-8-37(51)45-39(29)53/h3-5,7,13,19,21-25,28-29,31,34H,6,8-12,14-18,20H2,1-2H3,(H,44,54)(H,45,51,53)/t29?,31-,34+/m1/s1. The van der Waals surface area contributed by atoms with Gasteiger partial charge in [-0.15, -0.1) is 0 Å². The molecule has 3 atom stereocenters. The highest BCUT2D eigenvalue weighted by Crippen LogP contribution is 2.38. The molecule has 4 aromatic rings. The normalized spacial score (nSPS) is 22.0. The molecule has 3 aliphatic heterocycles. The number of anilines is 2. The molecular weight excluding hydrogens is 719 g/mol. The van der Waals surface area contributed by atoms with Crippen molar-refractivity contribution in [1.82, 2.24) is 29.5 Å². The van der Waals surface area contributed by atoms with Gasteiger partial charge in [-0.25, -0.2) is 9.37 Å². The predicted octanol–water partition coefficient (Wildman–Crippen LogP) is 4.91. The van der Waals surface area contributed by atoms with E-state index in [1.54, 1.807) is 24.4 Å². The van der Waals surface area contributed by atoms with Gasteiger partial charge in [0.2, 0.25) is 17.7 Å². The first-order valence-electron chi connectivity index (χ1n) is 19.7. The third-order valence-electron chi connectivity index (χ3n) is 11.5. The van der Waals surface area contributed by atoms with E-state index in [0.29, 0.717) is 49.5 Å². The molecule has 4 amide bonds. The second-order valence-electron chi connectivity index (χ2n) is 15.8. The quantitative estimate of drug-likeness (QED) is 0.214. The topological polar surface area (TPSA) is 161 Å². The van der Waals surface area contributed by atoms with Crippen molar-refractivity contribution >= 4 is 46.0 Å². The average Bonchev–Trinajstić information content (AvgIpc) is 3.76. The van der Waals surface area contributed by atoms with Crippen LogP contribution >= 0.6 is 0 Å². The number of carbonyl (C=O) groups excluding carboxylic acids is 4. The lowest BCUT2D eigenvalue weighted by Crippen LogP contribution is -2.41. The number of hydrogen-bond donors (Lipinski definition) is 2. The number of halogens is 1. The fourth-order valence-corrected chi connectivity index (χ4v) is 8.21. The SMILES string of the molecule is CC(C)Oc1cc2nn(C3CCN(C(=O)CC4CCN(c5ccc(C6CCC(=O)NC6=O)cn5)CC4)CC3)cc2cc1C(=O)Nc1cccn([C@H]2C[C@H]2F)c1=O. The number of aromatic nitrogens is 4. The molecule has 2 N–H and O–H groups in total. The molecule has 1 aliphatic carbocycles. The Morgan fingerprint density at radius 2 is 1.79 bits per heavy atom. The Balaban J connectivity index is 0.851. The summed E-state index contributed by atoms with van der Waals surface area (Å²) in [5, 5.41) is 10.7. The highest BCUT2D eigenvalue weighted by Gasteiger charge is 2.40. The van der Waals surface area contributed by atoms with Crippen molar-refractivity contribution in [2.75, 3.05) is 36.4 Å². The van der Waals surface area contributed by atoms with Crippen LogP contribution in [-0.2, 0) is 14.4 Å². The van der Waals surface area contributed by atoms with Gasteiger partial charge in [-0.05, 0) is 81.7 Å². The second-order valence-corrected chi connectivity index (χ2v) is 15.8. The number of imide groups is 1. The molecule has 0 bridgehead atoms. The van der Waals surface area contributed by atoms with E-state index in [1.165, 1.54) is 16.8 Å². The fraction of sp³-hybridized carbons (Fsp3) is 0.488. The minimum atomic E-state index is -1.06. The molecular formula is C41H47FN8O6. The van der Waals surface area contributed by atoms with Gasteiger partial charge in [-0.2, -0.15) is 5.10 Å². The van der Waals surface area contributed by atoms with Gasteiger partial charge in [-0.1, -0.05) is 6.07 Å². The molecule has 4 fully saturated rings. The number of pyridine rings is 2. The number of fused-ring (bicyclic) bond motifs is 1. The maximum absolute atomic E-state index is 13.7. The van der Waals surface area contributed by atoms with Crippen molar-refractivity contribution in [2.45, 2.75) is 95.5 Å². The van der Waals surface area contributed by atoms with E-state index < -0.39 is 23.7 Å². The molecule has 8 rings (SSSR count). The Morgan fingerprint density at radius 1 is 1.02 bits per heavy atom. The molecule has 0 radical (unpaired) electrons. The molecule has 6 heterocycles. The second kappa shape index (κ2) is 15.5. The summed E-state index contributed by atoms with van der Waals surface area (Å²) in [6.45, 7) is 6.61. The minimum absolute atomic E-state index is 0.0719. The molecule has 56 heavy (non-hydrogen) atoms. The molecule has 3 aromatic heterocycles. The van der Waals surface area contributed by atoms with Crippen LogP contribution in [0.2, 0.25) is 0 Å². The van der Waals surface area contributed by atoms with Crippen LogP contribution in [0.15, 0.2) is 59.8 Å². The Labute approximate surface area is 323 Å². The smallest absolute Gasteiger partial charge is 0.274 e. The summed E-state index contributed by atoms with van der Waals surface area (Å²) in [5.41, 5.74) is 1.37. The van der Waals surface area contributed by atoms with Crippen LogP contribution in [0.4, 0.5) is 15.9 Å². The number of piperidine rings is 3. The van der Waals surface area contributed by atoms with Gasteiger partial charge in [0, 0.05) is 75.5 Å². The Kier molecular flexibility index (Phi) is 10.3. The first-order chi connectivity index (χ1) is 27.0. The summed E-state index contributed by atoms with van der Waals surface area (Å²) in [7, 11) is 0. The van der Waals surface area contributed by atoms with E-state index in [2.05, 4.69) is 20.5 Å². The van der Waals surface area contributed by atoms with Crippen molar-refractivity contribution < 1.29 is 28.3 Å². The maximum Gasteiger partial charge on any atom is 0.274 e. The number of hydrogen-bond acceptors (Lipinski definition) is 9. The third kappa shape index (κ3) is 7.89. The first kappa shape index (κ1) is 37.3. The lowest BCUT2D eigenvalue weighted by Gasteiger charge is -2.35. The summed E-state index contributed by atoms with van der Waals surface area (Å²) in [4.78, 5) is 72.6. The molecule has 3 saturated heterocycles. The van der Waals surface area contributed by atoms with Crippen molar-refractivity contribution in [3.05, 3.63) is 76.5 Å². The monoisotopic (exact) mass is 766 g/mol. The van der Waals surface area contributed by atoms with Crippen LogP contribution in [0.5, 0.6) is 5.75 Å². The van der Waals surface area contributed by atoms with Gasteiger partial charge in [0.15, 0.2) is 0 Å². The summed E-state index contributed by atoms with van der Waals surface area (Å²) in [6.07, 6.45) is 8.84. The number of alkyl halides is 1. The molecule has 1 saturated carbocycles. The third-order valence-corrected chi connectivity index (χ3v) is 11.5. The Morgan fingerprint density at radius 3 is 2.46 bits per heavy atom. The van der Waals surface area contributed by atoms with Gasteiger partial charge >= 0.3 is 0 Å². The highest BCUT2D eigenvalue weighted by molar-refractivity contribution is 6.08. The zero-order valence-corrected chi connectivity index (χ0v) is 31.7. The number of nitrogens with one attached hydrogen (secondary N) is 2. The van der Waals surface area contributed by atoms with Gasteiger partial charge in [0.05, 0.1) is 35.2 Å². The number of ether oxygens (including phenoxy) is 1. The fourth-order valence-electron chi connectivity index (χ4n) is 8.21. The molecule has 294 valence electrons. The number of carbonyl (C=O) groups is 4. The summed E-state index contributed by atoms with van der Waals surface area (Å²) in [6, 6.07) is 10.1. The highest BCUT2D eigenvalue weighted by atomic mass is 19.1. The largest absolute Gasteiger partial charge is 0.490 e. The van der Waals surface area contributed by atoms with Gasteiger partial charge in [0.25, 0.3) is 11.5 Å². The summed E-state index contributed by atoms with van der Waals surface area (Å²) >= 11 is 0. The lowest BCUT2D eigenvalue weighted by atomic mass is 9.91. The van der Waals surface area contributed by atoms with Crippen LogP contribution in [0.3, 0.4) is 0 Å². The first-order valence-corrected chi connectivity index (χ1v) is 19.7. The van der Waals surface area contributed by atoms with Crippen molar-refractivity contribution in [2.24, 2.45) is 5.92 Å². The van der Waals surface area contributed by atoms with Crippen LogP contribution in [0.25, 0.3) is 10.9 Å². The zero-order chi connectivity index (χ0) is 39.1. The van der Waals surface area contributed by atoms with E-state index >= 15 is 0 Å². The van der Waals surface area contributed by atoms with Crippen molar-refractivity contribution in [3.63, 3.8) is 0 Å². The lowest BCUT2D eigenvalue weighted by molar-refractivity contribution is -0.135. The molecule has 0 spiro atoms. The predicted molar refractivity (Wildman–Crippen MR) is 206 cm³/mol. The van der Waals surface area contributed by atoms with Crippen molar-refractivity contribution in [1.29, 1.82) is 0 Å². The van der Waals surface area contributed by atoms with E-state index in [1.807, 2.05) is 41.8 Å². The van der Waals surface area contributed by atoms with Crippen LogP contribution in [0, 0.1) is 5.92 Å². The molecule has 14 nitrogen and oxygen atoms in total. The summed E-state index contributed by atoms with van der Waals surface area (Å²) in [5.74, 6) is 0.323. The Hall–Kier alpha value is -5.60. The average molecular weight is 767 g/mol. The Bertz CT molecular complexity index is 2200. The molecule has 1 aromatic carbocycles. The van der Waals surface area contributed by atoms with E-state index in [4.69, 9.17) is 9.84 Å². The van der Waals surface area contributed by atoms with E-state index in [-0.39, 0.29) is 53.5 Å². The number of benzene rings is 1. The van der Waals surface area contributed by atoms with Gasteiger partial charge in [-0.3, -0.25) is 34.0 Å². The summed E-state index contributed by atoms with van der Waals surface area (Å²) < 4.78 is 23.0. The van der Waals surface area contributed by atoms with Crippen LogP contribution in [-0.4, -0.2) is 86.3 Å². The zero-order valence-electron chi connectivity index (χ0n) is 31.7. The van der Waals surface area contributed by atoms with E-state index in [9.17, 15) is 28.4 Å². The van der Waals surface area contributed by atoms with Crippen molar-refractivity contribution in [3.8, 4) is 5.75 Å². The number of likely N-dealkylation sites (tertiary alicyclic amines) is 1. The van der Waals surface area contributed by atoms with Crippen LogP contribution in [0.1, 0.15) is 99.1 Å². The number of rotatable bonds is 10. The maximum atomic E-state index is 13.7. The molecule has 15 heteroatoms. The van der Waals surface area contributed by atoms with Crippen LogP contribution < -0.4 is 25.8 Å². The van der Waals surface area contributed by atoms with Gasteiger partial charge in [0.1, 0.15) is 23.4 Å². The molecule has 4 aliphatic rings. The molecule has 1 unspecified atom stereocenters.